The Bertz CT molecular complexity index is 666. The number of ether oxygens (including phenoxy) is 1. The van der Waals surface area contributed by atoms with Gasteiger partial charge in [0.15, 0.2) is 0 Å². The summed E-state index contributed by atoms with van der Waals surface area (Å²) in [5.74, 6) is 0.523. The average Bonchev–Trinajstić information content (AvgIpc) is 2.64. The number of carbonyl (C=O) groups excluding carboxylic acids is 2. The maximum atomic E-state index is 12.8. The van der Waals surface area contributed by atoms with Crippen LogP contribution in [0.25, 0.3) is 0 Å². The Labute approximate surface area is 153 Å². The molecule has 3 rings (SSSR count). The zero-order valence-corrected chi connectivity index (χ0v) is 14.9. The molecule has 0 bridgehead atoms. The normalized spacial score (nSPS) is 25.8. The Morgan fingerprint density at radius 3 is 3.08 bits per heavy atom. The van der Waals surface area contributed by atoms with Crippen LogP contribution in [0.4, 0.5) is 0 Å². The molecule has 1 spiro atoms. The quantitative estimate of drug-likeness (QED) is 0.688. The molecular weight excluding hydrogens is 334 g/mol. The topological polar surface area (TPSA) is 105 Å². The molecule has 7 nitrogen and oxygen atoms in total. The molecule has 0 radical (unpaired) electrons. The van der Waals surface area contributed by atoms with Crippen LogP contribution >= 0.6 is 0 Å². The summed E-state index contributed by atoms with van der Waals surface area (Å²) < 4.78 is 5.51. The predicted molar refractivity (Wildman–Crippen MR) is 96.6 cm³/mol. The fourth-order valence-electron chi connectivity index (χ4n) is 3.86. The molecule has 26 heavy (non-hydrogen) atoms. The van der Waals surface area contributed by atoms with E-state index in [1.807, 2.05) is 24.3 Å². The molecular formula is C19H27N3O4. The predicted octanol–water partition coefficient (Wildman–Crippen LogP) is 0.0562. The Hall–Kier alpha value is -2.12. The molecule has 2 fully saturated rings. The second kappa shape index (κ2) is 8.05. The second-order valence-corrected chi connectivity index (χ2v) is 7.10. The number of amides is 2. The summed E-state index contributed by atoms with van der Waals surface area (Å²) in [5, 5.41) is 13.3. The van der Waals surface area contributed by atoms with Gasteiger partial charge >= 0.3 is 0 Å². The monoisotopic (exact) mass is 361 g/mol. The number of aliphatic hydroxyl groups excluding tert-OH is 1. The second-order valence-electron chi connectivity index (χ2n) is 7.10. The number of nitrogens with one attached hydrogen (secondary N) is 1. The van der Waals surface area contributed by atoms with Crippen molar-refractivity contribution >= 4 is 11.8 Å². The summed E-state index contributed by atoms with van der Waals surface area (Å²) in [6, 6.07) is 7.41. The van der Waals surface area contributed by atoms with Crippen LogP contribution in [0.15, 0.2) is 24.3 Å². The molecule has 142 valence electrons. The van der Waals surface area contributed by atoms with Gasteiger partial charge in [-0.25, -0.2) is 0 Å². The SMILES string of the molecule is NCCOc1cccc(CC(=O)N2CC[C@H](O)[C@@]3(CCCNC3=O)C2)c1. The number of carbonyl (C=O) groups is 2. The first kappa shape index (κ1) is 18.7. The number of hydrogen-bond acceptors (Lipinski definition) is 5. The van der Waals surface area contributed by atoms with Crippen molar-refractivity contribution in [3.63, 3.8) is 0 Å². The fraction of sp³-hybridized carbons (Fsp3) is 0.579. The maximum Gasteiger partial charge on any atom is 0.230 e. The molecule has 2 heterocycles. The minimum Gasteiger partial charge on any atom is -0.492 e. The van der Waals surface area contributed by atoms with Crippen molar-refractivity contribution in [1.82, 2.24) is 10.2 Å². The Morgan fingerprint density at radius 2 is 2.31 bits per heavy atom. The van der Waals surface area contributed by atoms with Crippen molar-refractivity contribution in [2.24, 2.45) is 11.1 Å². The van der Waals surface area contributed by atoms with Crippen LogP contribution in [0.3, 0.4) is 0 Å². The third kappa shape index (κ3) is 3.83. The van der Waals surface area contributed by atoms with Gasteiger partial charge in [-0.15, -0.1) is 0 Å². The van der Waals surface area contributed by atoms with Gasteiger partial charge in [0.2, 0.25) is 11.8 Å². The minimum atomic E-state index is -0.863. The van der Waals surface area contributed by atoms with Gasteiger partial charge in [-0.1, -0.05) is 12.1 Å². The first-order chi connectivity index (χ1) is 12.5. The number of benzene rings is 1. The molecule has 0 unspecified atom stereocenters. The van der Waals surface area contributed by atoms with E-state index in [1.165, 1.54) is 0 Å². The lowest BCUT2D eigenvalue weighted by Crippen LogP contribution is -2.62. The minimum absolute atomic E-state index is 0.0365. The zero-order chi connectivity index (χ0) is 18.6. The Kier molecular flexibility index (Phi) is 5.78. The van der Waals surface area contributed by atoms with E-state index in [0.717, 1.165) is 12.0 Å². The van der Waals surface area contributed by atoms with Gasteiger partial charge in [-0.2, -0.15) is 0 Å². The zero-order valence-electron chi connectivity index (χ0n) is 14.9. The van der Waals surface area contributed by atoms with Gasteiger partial charge in [0, 0.05) is 26.2 Å². The molecule has 2 aliphatic heterocycles. The van der Waals surface area contributed by atoms with E-state index in [4.69, 9.17) is 10.5 Å². The molecule has 0 aromatic heterocycles. The lowest BCUT2D eigenvalue weighted by atomic mass is 9.71. The summed E-state index contributed by atoms with van der Waals surface area (Å²) in [4.78, 5) is 26.9. The average molecular weight is 361 g/mol. The van der Waals surface area contributed by atoms with Crippen LogP contribution in [-0.2, 0) is 16.0 Å². The van der Waals surface area contributed by atoms with Crippen LogP contribution in [-0.4, -0.2) is 60.7 Å². The Morgan fingerprint density at radius 1 is 1.46 bits per heavy atom. The highest BCUT2D eigenvalue weighted by Crippen LogP contribution is 2.37. The summed E-state index contributed by atoms with van der Waals surface area (Å²) in [7, 11) is 0. The molecule has 4 N–H and O–H groups in total. The van der Waals surface area contributed by atoms with Crippen LogP contribution in [0.1, 0.15) is 24.8 Å². The Balaban J connectivity index is 1.67. The molecule has 0 saturated carbocycles. The number of rotatable bonds is 5. The maximum absolute atomic E-state index is 12.8. The van der Waals surface area contributed by atoms with Crippen molar-refractivity contribution in [3.05, 3.63) is 29.8 Å². The van der Waals surface area contributed by atoms with Crippen molar-refractivity contribution in [3.8, 4) is 5.75 Å². The lowest BCUT2D eigenvalue weighted by Gasteiger charge is -2.46. The van der Waals surface area contributed by atoms with Gasteiger partial charge in [-0.05, 0) is 37.0 Å². The molecule has 7 heteroatoms. The number of aliphatic hydroxyl groups is 1. The van der Waals surface area contributed by atoms with Gasteiger partial charge in [0.05, 0.1) is 17.9 Å². The van der Waals surface area contributed by atoms with Crippen LogP contribution < -0.4 is 15.8 Å². The highest BCUT2D eigenvalue weighted by atomic mass is 16.5. The fourth-order valence-corrected chi connectivity index (χ4v) is 3.86. The van der Waals surface area contributed by atoms with Crippen LogP contribution in [0.5, 0.6) is 5.75 Å². The molecule has 2 atom stereocenters. The first-order valence-corrected chi connectivity index (χ1v) is 9.21. The van der Waals surface area contributed by atoms with Gasteiger partial charge in [0.1, 0.15) is 12.4 Å². The number of hydrogen-bond donors (Lipinski definition) is 3. The summed E-state index contributed by atoms with van der Waals surface area (Å²) in [6.45, 7) is 2.25. The van der Waals surface area contributed by atoms with E-state index >= 15 is 0 Å². The van der Waals surface area contributed by atoms with Crippen LogP contribution in [0.2, 0.25) is 0 Å². The molecule has 2 aliphatic rings. The number of nitrogens with two attached hydrogens (primary N) is 1. The highest BCUT2D eigenvalue weighted by Gasteiger charge is 2.50. The third-order valence-electron chi connectivity index (χ3n) is 5.31. The number of nitrogens with zero attached hydrogens (tertiary/aromatic N) is 1. The van der Waals surface area contributed by atoms with Crippen molar-refractivity contribution in [2.75, 3.05) is 32.8 Å². The van der Waals surface area contributed by atoms with Crippen molar-refractivity contribution in [1.29, 1.82) is 0 Å². The first-order valence-electron chi connectivity index (χ1n) is 9.21. The number of likely N-dealkylation sites (tertiary alicyclic amines) is 1. The molecule has 1 aromatic carbocycles. The molecule has 1 aromatic rings. The summed E-state index contributed by atoms with van der Waals surface area (Å²) in [6.07, 6.45) is 1.42. The van der Waals surface area contributed by atoms with E-state index in [1.54, 1.807) is 4.90 Å². The highest BCUT2D eigenvalue weighted by molar-refractivity contribution is 5.86. The van der Waals surface area contributed by atoms with Crippen molar-refractivity contribution < 1.29 is 19.4 Å². The molecule has 0 aliphatic carbocycles. The van der Waals surface area contributed by atoms with E-state index in [0.29, 0.717) is 44.8 Å². The van der Waals surface area contributed by atoms with Crippen LogP contribution in [0, 0.1) is 5.41 Å². The number of piperidine rings is 2. The standard InChI is InChI=1S/C19H27N3O4/c20-7-10-26-15-4-1-3-14(11-15)12-17(24)22-9-5-16(23)19(13-22)6-2-8-21-18(19)25/h1,3-4,11,16,23H,2,5-10,12-13,20H2,(H,21,25)/t16-,19+/m0/s1. The van der Waals surface area contributed by atoms with Gasteiger partial charge in [0.25, 0.3) is 0 Å². The smallest absolute Gasteiger partial charge is 0.230 e. The molecule has 2 saturated heterocycles. The van der Waals surface area contributed by atoms with E-state index < -0.39 is 11.5 Å². The van der Waals surface area contributed by atoms with Gasteiger partial charge in [-0.3, -0.25) is 9.59 Å². The van der Waals surface area contributed by atoms with E-state index in [2.05, 4.69) is 5.32 Å². The van der Waals surface area contributed by atoms with E-state index in [-0.39, 0.29) is 24.8 Å². The third-order valence-corrected chi connectivity index (χ3v) is 5.31. The summed E-state index contributed by atoms with van der Waals surface area (Å²) in [5.41, 5.74) is 5.44. The largest absolute Gasteiger partial charge is 0.492 e. The van der Waals surface area contributed by atoms with E-state index in [9.17, 15) is 14.7 Å². The molecule has 2 amide bonds. The van der Waals surface area contributed by atoms with Gasteiger partial charge < -0.3 is 25.8 Å². The van der Waals surface area contributed by atoms with Crippen molar-refractivity contribution in [2.45, 2.75) is 31.8 Å². The lowest BCUT2D eigenvalue weighted by molar-refractivity contribution is -0.154. The summed E-state index contributed by atoms with van der Waals surface area (Å²) >= 11 is 0.